The summed E-state index contributed by atoms with van der Waals surface area (Å²) in [6.07, 6.45) is 3.04. The second kappa shape index (κ2) is 6.05. The summed E-state index contributed by atoms with van der Waals surface area (Å²) in [4.78, 5) is 31.9. The number of halogens is 1. The van der Waals surface area contributed by atoms with Crippen molar-refractivity contribution >= 4 is 16.8 Å². The molecular formula is C20H18FN3O2. The van der Waals surface area contributed by atoms with E-state index in [9.17, 15) is 14.0 Å². The summed E-state index contributed by atoms with van der Waals surface area (Å²) >= 11 is 0. The van der Waals surface area contributed by atoms with Crippen LogP contribution in [0.3, 0.4) is 0 Å². The van der Waals surface area contributed by atoms with Gasteiger partial charge in [-0.25, -0.2) is 4.39 Å². The molecule has 2 aromatic heterocycles. The van der Waals surface area contributed by atoms with Crippen molar-refractivity contribution in [2.24, 2.45) is 0 Å². The monoisotopic (exact) mass is 351 g/mol. The predicted octanol–water partition coefficient (Wildman–Crippen LogP) is 2.90. The van der Waals surface area contributed by atoms with Gasteiger partial charge in [0.15, 0.2) is 0 Å². The van der Waals surface area contributed by atoms with Gasteiger partial charge in [-0.3, -0.25) is 14.6 Å². The smallest absolute Gasteiger partial charge is 0.252 e. The number of fused-ring (bicyclic) bond motifs is 1. The van der Waals surface area contributed by atoms with Gasteiger partial charge in [0.25, 0.3) is 5.56 Å². The van der Waals surface area contributed by atoms with Gasteiger partial charge < -0.3 is 10.3 Å². The standard InChI is InChI=1S/C20H18FN3O2/c1-20(7-3-9-23-19(20)26)14-5-6-16(24-18(14)25)12-10-15(21)13-4-2-8-22-17(13)11-12/h2,4-6,8,10-11H,3,7,9H2,1H3,(H,23,26)(H,24,25). The van der Waals surface area contributed by atoms with E-state index in [1.807, 2.05) is 0 Å². The van der Waals surface area contributed by atoms with Crippen LogP contribution in [0.1, 0.15) is 25.3 Å². The maximum Gasteiger partial charge on any atom is 0.252 e. The molecule has 1 unspecified atom stereocenters. The van der Waals surface area contributed by atoms with E-state index in [-0.39, 0.29) is 11.5 Å². The van der Waals surface area contributed by atoms with Gasteiger partial charge in [0, 0.05) is 34.9 Å². The third kappa shape index (κ3) is 2.58. The van der Waals surface area contributed by atoms with Crippen LogP contribution in [0.2, 0.25) is 0 Å². The fourth-order valence-electron chi connectivity index (χ4n) is 3.58. The predicted molar refractivity (Wildman–Crippen MR) is 97.4 cm³/mol. The molecular weight excluding hydrogens is 333 g/mol. The number of aromatic amines is 1. The van der Waals surface area contributed by atoms with Crippen LogP contribution in [-0.4, -0.2) is 22.4 Å². The number of benzene rings is 1. The second-order valence-corrected chi connectivity index (χ2v) is 6.83. The maximum atomic E-state index is 14.3. The fourth-order valence-corrected chi connectivity index (χ4v) is 3.58. The SMILES string of the molecule is CC1(c2ccc(-c3cc(F)c4cccnc4c3)[nH]c2=O)CCCNC1=O. The summed E-state index contributed by atoms with van der Waals surface area (Å²) < 4.78 is 14.3. The molecule has 0 bridgehead atoms. The van der Waals surface area contributed by atoms with E-state index in [0.717, 1.165) is 6.42 Å². The Labute approximate surface area is 149 Å². The van der Waals surface area contributed by atoms with Crippen LogP contribution in [0.5, 0.6) is 0 Å². The van der Waals surface area contributed by atoms with Crippen molar-refractivity contribution in [3.63, 3.8) is 0 Å². The second-order valence-electron chi connectivity index (χ2n) is 6.83. The number of nitrogens with one attached hydrogen (secondary N) is 2. The third-order valence-electron chi connectivity index (χ3n) is 5.13. The summed E-state index contributed by atoms with van der Waals surface area (Å²) in [5, 5.41) is 3.25. The molecule has 1 fully saturated rings. The van der Waals surface area contributed by atoms with Gasteiger partial charge in [0.1, 0.15) is 5.82 Å². The molecule has 1 atom stereocenters. The highest BCUT2D eigenvalue weighted by Crippen LogP contribution is 2.30. The highest BCUT2D eigenvalue weighted by Gasteiger charge is 2.39. The third-order valence-corrected chi connectivity index (χ3v) is 5.13. The first-order valence-electron chi connectivity index (χ1n) is 8.56. The lowest BCUT2D eigenvalue weighted by Crippen LogP contribution is -2.49. The number of carbonyl (C=O) groups excluding carboxylic acids is 1. The Morgan fingerprint density at radius 1 is 1.19 bits per heavy atom. The summed E-state index contributed by atoms with van der Waals surface area (Å²) in [7, 11) is 0. The Morgan fingerprint density at radius 2 is 2.04 bits per heavy atom. The highest BCUT2D eigenvalue weighted by molar-refractivity contribution is 5.88. The van der Waals surface area contributed by atoms with E-state index in [1.54, 1.807) is 43.5 Å². The Bertz CT molecular complexity index is 1080. The lowest BCUT2D eigenvalue weighted by molar-refractivity contribution is -0.128. The first kappa shape index (κ1) is 16.4. The molecule has 4 rings (SSSR count). The lowest BCUT2D eigenvalue weighted by atomic mass is 9.76. The first-order valence-corrected chi connectivity index (χ1v) is 8.56. The molecule has 0 saturated carbocycles. The topological polar surface area (TPSA) is 74.8 Å². The minimum absolute atomic E-state index is 0.136. The molecule has 132 valence electrons. The van der Waals surface area contributed by atoms with E-state index in [2.05, 4.69) is 15.3 Å². The molecule has 3 aromatic rings. The minimum atomic E-state index is -0.847. The van der Waals surface area contributed by atoms with Crippen LogP contribution >= 0.6 is 0 Å². The van der Waals surface area contributed by atoms with Crippen LogP contribution in [-0.2, 0) is 10.2 Å². The molecule has 0 aliphatic carbocycles. The molecule has 6 heteroatoms. The van der Waals surface area contributed by atoms with E-state index in [4.69, 9.17) is 0 Å². The Morgan fingerprint density at radius 3 is 2.81 bits per heavy atom. The molecule has 26 heavy (non-hydrogen) atoms. The largest absolute Gasteiger partial charge is 0.355 e. The number of piperidine rings is 1. The Hall–Kier alpha value is -3.02. The highest BCUT2D eigenvalue weighted by atomic mass is 19.1. The number of rotatable bonds is 2. The van der Waals surface area contributed by atoms with Gasteiger partial charge >= 0.3 is 0 Å². The summed E-state index contributed by atoms with van der Waals surface area (Å²) in [6.45, 7) is 2.42. The molecule has 1 aromatic carbocycles. The number of pyridine rings is 2. The number of carbonyl (C=O) groups is 1. The maximum absolute atomic E-state index is 14.3. The average Bonchev–Trinajstić information content (AvgIpc) is 2.64. The number of aromatic nitrogens is 2. The molecule has 0 spiro atoms. The molecule has 5 nitrogen and oxygen atoms in total. The van der Waals surface area contributed by atoms with Crippen molar-refractivity contribution in [1.82, 2.24) is 15.3 Å². The van der Waals surface area contributed by atoms with Crippen molar-refractivity contribution in [1.29, 1.82) is 0 Å². The van der Waals surface area contributed by atoms with Gasteiger partial charge in [-0.2, -0.15) is 0 Å². The number of hydrogen-bond donors (Lipinski definition) is 2. The molecule has 3 heterocycles. The zero-order valence-corrected chi connectivity index (χ0v) is 14.3. The quantitative estimate of drug-likeness (QED) is 0.745. The zero-order valence-electron chi connectivity index (χ0n) is 14.3. The Balaban J connectivity index is 1.79. The number of hydrogen-bond acceptors (Lipinski definition) is 3. The molecule has 1 amide bonds. The summed E-state index contributed by atoms with van der Waals surface area (Å²) in [5.41, 5.74) is 0.800. The molecule has 1 aliphatic heterocycles. The molecule has 0 radical (unpaired) electrons. The van der Waals surface area contributed by atoms with Crippen molar-refractivity contribution in [2.75, 3.05) is 6.54 Å². The van der Waals surface area contributed by atoms with Crippen LogP contribution in [0.25, 0.3) is 22.2 Å². The van der Waals surface area contributed by atoms with Crippen LogP contribution in [0, 0.1) is 5.82 Å². The van der Waals surface area contributed by atoms with Gasteiger partial charge in [-0.1, -0.05) is 6.07 Å². The summed E-state index contributed by atoms with van der Waals surface area (Å²) in [6, 6.07) is 9.84. The van der Waals surface area contributed by atoms with Gasteiger partial charge in [0.05, 0.1) is 10.9 Å². The molecule has 1 saturated heterocycles. The zero-order chi connectivity index (χ0) is 18.3. The van der Waals surface area contributed by atoms with Crippen LogP contribution in [0.15, 0.2) is 47.4 Å². The Kier molecular flexibility index (Phi) is 3.83. The van der Waals surface area contributed by atoms with E-state index < -0.39 is 11.2 Å². The number of nitrogens with zero attached hydrogens (tertiary/aromatic N) is 1. The normalized spacial score (nSPS) is 20.2. The molecule has 1 aliphatic rings. The van der Waals surface area contributed by atoms with Crippen molar-refractivity contribution in [3.05, 3.63) is 64.3 Å². The van der Waals surface area contributed by atoms with Gasteiger partial charge in [-0.15, -0.1) is 0 Å². The van der Waals surface area contributed by atoms with E-state index >= 15 is 0 Å². The average molecular weight is 351 g/mol. The van der Waals surface area contributed by atoms with Gasteiger partial charge in [-0.05, 0) is 50.1 Å². The first-order chi connectivity index (χ1) is 12.5. The lowest BCUT2D eigenvalue weighted by Gasteiger charge is -2.32. The van der Waals surface area contributed by atoms with Gasteiger partial charge in [0.2, 0.25) is 5.91 Å². The van der Waals surface area contributed by atoms with E-state index in [1.165, 1.54) is 6.07 Å². The number of H-pyrrole nitrogens is 1. The van der Waals surface area contributed by atoms with E-state index in [0.29, 0.717) is 40.7 Å². The minimum Gasteiger partial charge on any atom is -0.355 e. The van der Waals surface area contributed by atoms with Crippen molar-refractivity contribution < 1.29 is 9.18 Å². The van der Waals surface area contributed by atoms with Crippen LogP contribution < -0.4 is 10.9 Å². The number of amides is 1. The van der Waals surface area contributed by atoms with Crippen LogP contribution in [0.4, 0.5) is 4.39 Å². The molecule has 2 N–H and O–H groups in total. The van der Waals surface area contributed by atoms with Crippen molar-refractivity contribution in [2.45, 2.75) is 25.2 Å². The summed E-state index contributed by atoms with van der Waals surface area (Å²) in [5.74, 6) is -0.530. The fraction of sp³-hybridized carbons (Fsp3) is 0.250. The van der Waals surface area contributed by atoms with Crippen molar-refractivity contribution in [3.8, 4) is 11.3 Å².